The number of aryl methyl sites for hydroxylation is 1. The largest absolute Gasteiger partial charge is 0.349 e. The van der Waals surface area contributed by atoms with Crippen molar-refractivity contribution in [2.45, 2.75) is 51.7 Å². The zero-order chi connectivity index (χ0) is 18.1. The van der Waals surface area contributed by atoms with Gasteiger partial charge in [0.2, 0.25) is 5.91 Å². The van der Waals surface area contributed by atoms with Crippen molar-refractivity contribution in [2.24, 2.45) is 0 Å². The molecular formula is C15H17Cl2F2N5O. The van der Waals surface area contributed by atoms with Gasteiger partial charge in [-0.05, 0) is 19.8 Å². The molecule has 0 bridgehead atoms. The number of nitrogens with zero attached hydrogens (tertiary/aromatic N) is 4. The lowest BCUT2D eigenvalue weighted by atomic mass is 10.2. The third-order valence-electron chi connectivity index (χ3n) is 3.98. The van der Waals surface area contributed by atoms with Crippen molar-refractivity contribution in [3.63, 3.8) is 0 Å². The Balaban J connectivity index is 1.68. The summed E-state index contributed by atoms with van der Waals surface area (Å²) in [7, 11) is 0. The highest BCUT2D eigenvalue weighted by molar-refractivity contribution is 6.32. The second-order valence-electron chi connectivity index (χ2n) is 5.87. The fourth-order valence-electron chi connectivity index (χ4n) is 2.57. The highest BCUT2D eigenvalue weighted by atomic mass is 35.5. The zero-order valence-electron chi connectivity index (χ0n) is 13.5. The minimum Gasteiger partial charge on any atom is -0.349 e. The second-order valence-corrected chi connectivity index (χ2v) is 6.66. The summed E-state index contributed by atoms with van der Waals surface area (Å²) in [5.41, 5.74) is 0.590. The van der Waals surface area contributed by atoms with Crippen LogP contribution in [0.4, 0.5) is 8.78 Å². The Morgan fingerprint density at radius 2 is 2.12 bits per heavy atom. The molecule has 0 radical (unpaired) electrons. The number of rotatable bonds is 7. The van der Waals surface area contributed by atoms with Crippen LogP contribution < -0.4 is 5.32 Å². The topological polar surface area (TPSA) is 64.7 Å². The van der Waals surface area contributed by atoms with E-state index in [2.05, 4.69) is 15.5 Å². The molecule has 2 aromatic rings. The summed E-state index contributed by atoms with van der Waals surface area (Å²) in [5.74, 6) is -0.279. The molecule has 1 saturated carbocycles. The number of carbonyl (C=O) groups excluding carboxylic acids is 1. The first kappa shape index (κ1) is 18.1. The van der Waals surface area contributed by atoms with Crippen molar-refractivity contribution in [2.75, 3.05) is 0 Å². The first-order valence-corrected chi connectivity index (χ1v) is 8.69. The maximum Gasteiger partial charge on any atom is 0.283 e. The molecule has 2 aromatic heterocycles. The SMILES string of the molecule is CCn1cc(Cl)c(CNC(=O)Cn2nc(C(F)F)c(Cl)c2C2CC2)n1. The van der Waals surface area contributed by atoms with E-state index in [-0.39, 0.29) is 29.9 Å². The van der Waals surface area contributed by atoms with Gasteiger partial charge < -0.3 is 5.32 Å². The van der Waals surface area contributed by atoms with E-state index < -0.39 is 12.1 Å². The van der Waals surface area contributed by atoms with Crippen LogP contribution >= 0.6 is 23.2 Å². The van der Waals surface area contributed by atoms with Gasteiger partial charge in [0.15, 0.2) is 0 Å². The van der Waals surface area contributed by atoms with E-state index in [0.717, 1.165) is 12.8 Å². The van der Waals surface area contributed by atoms with Crippen molar-refractivity contribution in [3.05, 3.63) is 33.3 Å². The molecule has 2 heterocycles. The summed E-state index contributed by atoms with van der Waals surface area (Å²) in [6.07, 6.45) is 0.627. The third kappa shape index (κ3) is 3.95. The monoisotopic (exact) mass is 391 g/mol. The van der Waals surface area contributed by atoms with Crippen molar-refractivity contribution in [1.82, 2.24) is 24.9 Å². The molecule has 136 valence electrons. The van der Waals surface area contributed by atoms with Gasteiger partial charge in [0.05, 0.1) is 22.3 Å². The Kier molecular flexibility index (Phi) is 5.29. The number of aromatic nitrogens is 4. The molecule has 1 fully saturated rings. The fraction of sp³-hybridized carbons (Fsp3) is 0.533. The smallest absolute Gasteiger partial charge is 0.283 e. The van der Waals surface area contributed by atoms with E-state index in [1.165, 1.54) is 4.68 Å². The van der Waals surface area contributed by atoms with Crippen LogP contribution in [0, 0.1) is 0 Å². The normalized spacial score (nSPS) is 14.3. The molecule has 6 nitrogen and oxygen atoms in total. The lowest BCUT2D eigenvalue weighted by Crippen LogP contribution is -2.28. The number of nitrogens with one attached hydrogen (secondary N) is 1. The van der Waals surface area contributed by atoms with Crippen LogP contribution in [0.3, 0.4) is 0 Å². The maximum atomic E-state index is 13.0. The number of hydrogen-bond donors (Lipinski definition) is 1. The highest BCUT2D eigenvalue weighted by Gasteiger charge is 2.34. The molecule has 0 aromatic carbocycles. The molecule has 0 unspecified atom stereocenters. The average molecular weight is 392 g/mol. The van der Waals surface area contributed by atoms with Crippen LogP contribution in [-0.2, 0) is 24.4 Å². The van der Waals surface area contributed by atoms with Gasteiger partial charge in [0.1, 0.15) is 17.9 Å². The Morgan fingerprint density at radius 3 is 2.68 bits per heavy atom. The highest BCUT2D eigenvalue weighted by Crippen LogP contribution is 2.45. The number of amides is 1. The summed E-state index contributed by atoms with van der Waals surface area (Å²) in [6.45, 7) is 2.57. The first-order chi connectivity index (χ1) is 11.9. The lowest BCUT2D eigenvalue weighted by Gasteiger charge is -2.07. The molecule has 0 spiro atoms. The van der Waals surface area contributed by atoms with Gasteiger partial charge in [-0.1, -0.05) is 23.2 Å². The molecule has 0 aliphatic heterocycles. The van der Waals surface area contributed by atoms with Crippen molar-refractivity contribution >= 4 is 29.1 Å². The molecule has 3 rings (SSSR count). The van der Waals surface area contributed by atoms with Crippen LogP contribution in [0.25, 0.3) is 0 Å². The lowest BCUT2D eigenvalue weighted by molar-refractivity contribution is -0.122. The first-order valence-electron chi connectivity index (χ1n) is 7.93. The van der Waals surface area contributed by atoms with E-state index >= 15 is 0 Å². The van der Waals surface area contributed by atoms with Crippen LogP contribution in [0.2, 0.25) is 10.0 Å². The van der Waals surface area contributed by atoms with Crippen LogP contribution in [0.5, 0.6) is 0 Å². The number of hydrogen-bond acceptors (Lipinski definition) is 3. The van der Waals surface area contributed by atoms with Crippen molar-refractivity contribution in [1.29, 1.82) is 0 Å². The summed E-state index contributed by atoms with van der Waals surface area (Å²) < 4.78 is 29.0. The zero-order valence-corrected chi connectivity index (χ0v) is 15.0. The number of carbonyl (C=O) groups is 1. The molecular weight excluding hydrogens is 375 g/mol. The van der Waals surface area contributed by atoms with E-state index in [1.54, 1.807) is 10.9 Å². The van der Waals surface area contributed by atoms with E-state index in [0.29, 0.717) is 23.0 Å². The van der Waals surface area contributed by atoms with Crippen LogP contribution in [0.1, 0.15) is 49.2 Å². The molecule has 1 N–H and O–H groups in total. The molecule has 1 amide bonds. The Hall–Kier alpha value is -1.67. The molecule has 25 heavy (non-hydrogen) atoms. The van der Waals surface area contributed by atoms with E-state index in [4.69, 9.17) is 23.2 Å². The number of alkyl halides is 2. The fourth-order valence-corrected chi connectivity index (χ4v) is 3.16. The van der Waals surface area contributed by atoms with Gasteiger partial charge >= 0.3 is 0 Å². The molecule has 0 atom stereocenters. The Bertz CT molecular complexity index is 785. The van der Waals surface area contributed by atoms with Gasteiger partial charge in [-0.3, -0.25) is 14.2 Å². The predicted octanol–water partition coefficient (Wildman–Crippen LogP) is 3.54. The Labute approximate surface area is 153 Å². The quantitative estimate of drug-likeness (QED) is 0.784. The van der Waals surface area contributed by atoms with Crippen LogP contribution in [0.15, 0.2) is 6.20 Å². The standard InChI is InChI=1S/C15H17Cl2F2N5O/c1-2-23-6-9(16)10(21-23)5-20-11(25)7-24-14(8-3-4-8)12(17)13(22-24)15(18)19/h6,8,15H,2-5,7H2,1H3,(H,20,25). The van der Waals surface area contributed by atoms with E-state index in [1.807, 2.05) is 6.92 Å². The third-order valence-corrected chi connectivity index (χ3v) is 4.69. The molecule has 1 aliphatic carbocycles. The molecule has 0 saturated heterocycles. The minimum absolute atomic E-state index is 0.0324. The van der Waals surface area contributed by atoms with Gasteiger partial charge in [0.25, 0.3) is 6.43 Å². The van der Waals surface area contributed by atoms with Crippen molar-refractivity contribution < 1.29 is 13.6 Å². The van der Waals surface area contributed by atoms with E-state index in [9.17, 15) is 13.6 Å². The molecule has 10 heteroatoms. The van der Waals surface area contributed by atoms with Gasteiger partial charge in [-0.2, -0.15) is 10.2 Å². The summed E-state index contributed by atoms with van der Waals surface area (Å²) >= 11 is 12.1. The second kappa shape index (κ2) is 7.29. The molecule has 1 aliphatic rings. The van der Waals surface area contributed by atoms with Gasteiger partial charge in [0, 0.05) is 18.7 Å². The van der Waals surface area contributed by atoms with Crippen LogP contribution in [-0.4, -0.2) is 25.5 Å². The Morgan fingerprint density at radius 1 is 1.40 bits per heavy atom. The summed E-state index contributed by atoms with van der Waals surface area (Å²) in [6, 6.07) is 0. The van der Waals surface area contributed by atoms with Crippen molar-refractivity contribution in [3.8, 4) is 0 Å². The minimum atomic E-state index is -2.77. The van der Waals surface area contributed by atoms with Gasteiger partial charge in [-0.25, -0.2) is 8.78 Å². The number of halogens is 4. The maximum absolute atomic E-state index is 13.0. The summed E-state index contributed by atoms with van der Waals surface area (Å²) in [5, 5.41) is 11.2. The predicted molar refractivity (Wildman–Crippen MR) is 88.9 cm³/mol. The van der Waals surface area contributed by atoms with Gasteiger partial charge in [-0.15, -0.1) is 0 Å². The summed E-state index contributed by atoms with van der Waals surface area (Å²) in [4.78, 5) is 12.2. The average Bonchev–Trinajstić information content (AvgIpc) is 3.25.